The van der Waals surface area contributed by atoms with Gasteiger partial charge in [-0.3, -0.25) is 9.78 Å². The van der Waals surface area contributed by atoms with Crippen LogP contribution in [0.1, 0.15) is 19.0 Å². The van der Waals surface area contributed by atoms with Crippen LogP contribution in [-0.4, -0.2) is 35.4 Å². The summed E-state index contributed by atoms with van der Waals surface area (Å²) in [6.07, 6.45) is 3.20. The number of aromatic nitrogens is 1. The molecule has 0 bridgehead atoms. The van der Waals surface area contributed by atoms with Gasteiger partial charge in [-0.1, -0.05) is 13.0 Å². The molecule has 0 radical (unpaired) electrons. The molecular formula is C12H19N3O. The maximum Gasteiger partial charge on any atom is 0.239 e. The number of hydrogen-bond donors (Lipinski definition) is 1. The molecule has 0 aliphatic carbocycles. The number of rotatable bonds is 5. The molecule has 0 spiro atoms. The monoisotopic (exact) mass is 221 g/mol. The summed E-state index contributed by atoms with van der Waals surface area (Å²) in [5.41, 5.74) is 6.67. The van der Waals surface area contributed by atoms with Crippen molar-refractivity contribution in [1.82, 2.24) is 9.88 Å². The van der Waals surface area contributed by atoms with E-state index in [0.29, 0.717) is 13.0 Å². The number of carbonyl (C=O) groups is 1. The molecule has 0 aliphatic rings. The number of likely N-dealkylation sites (N-methyl/N-ethyl adjacent to an activating group) is 1. The van der Waals surface area contributed by atoms with Gasteiger partial charge in [0.2, 0.25) is 5.91 Å². The predicted molar refractivity (Wildman–Crippen MR) is 63.8 cm³/mol. The number of carbonyl (C=O) groups excluding carboxylic acids is 1. The normalized spacial score (nSPS) is 12.2. The van der Waals surface area contributed by atoms with Crippen LogP contribution in [0.3, 0.4) is 0 Å². The van der Waals surface area contributed by atoms with E-state index in [1.165, 1.54) is 0 Å². The number of pyridine rings is 1. The van der Waals surface area contributed by atoms with Crippen LogP contribution in [0.25, 0.3) is 0 Å². The van der Waals surface area contributed by atoms with Gasteiger partial charge in [-0.15, -0.1) is 0 Å². The topological polar surface area (TPSA) is 59.2 Å². The number of nitrogens with zero attached hydrogens (tertiary/aromatic N) is 2. The van der Waals surface area contributed by atoms with Crippen molar-refractivity contribution < 1.29 is 4.79 Å². The van der Waals surface area contributed by atoms with Gasteiger partial charge < -0.3 is 10.6 Å². The molecule has 1 atom stereocenters. The minimum Gasteiger partial charge on any atom is -0.344 e. The Bertz CT molecular complexity index is 326. The first kappa shape index (κ1) is 12.6. The zero-order chi connectivity index (χ0) is 12.0. The molecule has 1 aromatic heterocycles. The van der Waals surface area contributed by atoms with Crippen molar-refractivity contribution in [3.8, 4) is 0 Å². The summed E-state index contributed by atoms with van der Waals surface area (Å²) in [5, 5.41) is 0. The van der Waals surface area contributed by atoms with Gasteiger partial charge in [-0.2, -0.15) is 0 Å². The van der Waals surface area contributed by atoms with E-state index in [4.69, 9.17) is 5.73 Å². The summed E-state index contributed by atoms with van der Waals surface area (Å²) in [4.78, 5) is 17.6. The van der Waals surface area contributed by atoms with Gasteiger partial charge in [-0.25, -0.2) is 0 Å². The lowest BCUT2D eigenvalue weighted by molar-refractivity contribution is -0.131. The van der Waals surface area contributed by atoms with Crippen molar-refractivity contribution in [2.75, 3.05) is 13.6 Å². The molecule has 0 aliphatic heterocycles. The summed E-state index contributed by atoms with van der Waals surface area (Å²) in [7, 11) is 1.78. The van der Waals surface area contributed by atoms with Gasteiger partial charge in [0.05, 0.1) is 6.04 Å². The Morgan fingerprint density at radius 3 is 2.88 bits per heavy atom. The third kappa shape index (κ3) is 3.62. The van der Waals surface area contributed by atoms with Crippen molar-refractivity contribution in [2.45, 2.75) is 25.8 Å². The Hall–Kier alpha value is -1.42. The first-order valence-corrected chi connectivity index (χ1v) is 5.55. The SMILES string of the molecule is CCC(N)C(=O)N(C)CCc1ccccn1. The Kier molecular flexibility index (Phi) is 4.92. The third-order valence-electron chi connectivity index (χ3n) is 2.56. The van der Waals surface area contributed by atoms with Crippen molar-refractivity contribution in [1.29, 1.82) is 0 Å². The van der Waals surface area contributed by atoms with E-state index >= 15 is 0 Å². The zero-order valence-corrected chi connectivity index (χ0v) is 9.89. The lowest BCUT2D eigenvalue weighted by Crippen LogP contribution is -2.42. The number of amides is 1. The van der Waals surface area contributed by atoms with Crippen LogP contribution in [0.2, 0.25) is 0 Å². The molecule has 1 heterocycles. The molecule has 4 nitrogen and oxygen atoms in total. The van der Waals surface area contributed by atoms with Crippen LogP contribution >= 0.6 is 0 Å². The molecule has 88 valence electrons. The minimum absolute atomic E-state index is 0.00145. The van der Waals surface area contributed by atoms with Gasteiger partial charge in [0, 0.05) is 31.9 Å². The lowest BCUT2D eigenvalue weighted by Gasteiger charge is -2.20. The predicted octanol–water partition coefficient (Wildman–Crippen LogP) is 0.820. The average Bonchev–Trinajstić information content (AvgIpc) is 2.35. The van der Waals surface area contributed by atoms with Gasteiger partial charge in [0.1, 0.15) is 0 Å². The highest BCUT2D eigenvalue weighted by molar-refractivity contribution is 5.81. The molecule has 0 saturated carbocycles. The number of nitrogens with two attached hydrogens (primary N) is 1. The first-order chi connectivity index (χ1) is 7.65. The Morgan fingerprint density at radius 1 is 1.56 bits per heavy atom. The first-order valence-electron chi connectivity index (χ1n) is 5.55. The van der Waals surface area contributed by atoms with E-state index in [-0.39, 0.29) is 11.9 Å². The van der Waals surface area contributed by atoms with Gasteiger partial charge >= 0.3 is 0 Å². The average molecular weight is 221 g/mol. The molecule has 1 aromatic rings. The van der Waals surface area contributed by atoms with E-state index in [2.05, 4.69) is 4.98 Å². The summed E-state index contributed by atoms with van der Waals surface area (Å²) < 4.78 is 0. The van der Waals surface area contributed by atoms with Crippen LogP contribution in [0.15, 0.2) is 24.4 Å². The highest BCUT2D eigenvalue weighted by Crippen LogP contribution is 1.99. The van der Waals surface area contributed by atoms with E-state index in [1.807, 2.05) is 25.1 Å². The second kappa shape index (κ2) is 6.23. The van der Waals surface area contributed by atoms with E-state index in [9.17, 15) is 4.79 Å². The molecular weight excluding hydrogens is 202 g/mol. The van der Waals surface area contributed by atoms with Crippen molar-refractivity contribution >= 4 is 5.91 Å². The maximum atomic E-state index is 11.7. The Morgan fingerprint density at radius 2 is 2.31 bits per heavy atom. The highest BCUT2D eigenvalue weighted by atomic mass is 16.2. The molecule has 0 fully saturated rings. The second-order valence-electron chi connectivity index (χ2n) is 3.85. The molecule has 1 rings (SSSR count). The van der Waals surface area contributed by atoms with Crippen LogP contribution in [0, 0.1) is 0 Å². The standard InChI is InChI=1S/C12H19N3O/c1-3-11(13)12(16)15(2)9-7-10-6-4-5-8-14-10/h4-6,8,11H,3,7,9,13H2,1-2H3. The zero-order valence-electron chi connectivity index (χ0n) is 9.89. The van der Waals surface area contributed by atoms with Crippen molar-refractivity contribution in [3.63, 3.8) is 0 Å². The highest BCUT2D eigenvalue weighted by Gasteiger charge is 2.15. The largest absolute Gasteiger partial charge is 0.344 e. The van der Waals surface area contributed by atoms with Crippen LogP contribution < -0.4 is 5.73 Å². The summed E-state index contributed by atoms with van der Waals surface area (Å²) >= 11 is 0. The molecule has 1 unspecified atom stereocenters. The molecule has 1 amide bonds. The van der Waals surface area contributed by atoms with Crippen LogP contribution in [-0.2, 0) is 11.2 Å². The lowest BCUT2D eigenvalue weighted by atomic mass is 10.2. The Labute approximate surface area is 96.5 Å². The van der Waals surface area contributed by atoms with Crippen LogP contribution in [0.4, 0.5) is 0 Å². The fourth-order valence-corrected chi connectivity index (χ4v) is 1.40. The molecule has 0 aromatic carbocycles. The Balaban J connectivity index is 2.41. The second-order valence-corrected chi connectivity index (χ2v) is 3.85. The van der Waals surface area contributed by atoms with E-state index < -0.39 is 0 Å². The minimum atomic E-state index is -0.381. The molecule has 16 heavy (non-hydrogen) atoms. The fourth-order valence-electron chi connectivity index (χ4n) is 1.40. The quantitative estimate of drug-likeness (QED) is 0.800. The van der Waals surface area contributed by atoms with Gasteiger partial charge in [0.25, 0.3) is 0 Å². The van der Waals surface area contributed by atoms with Crippen molar-refractivity contribution in [3.05, 3.63) is 30.1 Å². The molecule has 2 N–H and O–H groups in total. The van der Waals surface area contributed by atoms with Gasteiger partial charge in [0.15, 0.2) is 0 Å². The fraction of sp³-hybridized carbons (Fsp3) is 0.500. The van der Waals surface area contributed by atoms with Crippen LogP contribution in [0.5, 0.6) is 0 Å². The van der Waals surface area contributed by atoms with E-state index in [1.54, 1.807) is 18.1 Å². The van der Waals surface area contributed by atoms with E-state index in [0.717, 1.165) is 12.1 Å². The summed E-state index contributed by atoms with van der Waals surface area (Å²) in [6, 6.07) is 5.40. The van der Waals surface area contributed by atoms with Crippen molar-refractivity contribution in [2.24, 2.45) is 5.73 Å². The molecule has 0 saturated heterocycles. The maximum absolute atomic E-state index is 11.7. The van der Waals surface area contributed by atoms with Gasteiger partial charge in [-0.05, 0) is 18.6 Å². The summed E-state index contributed by atoms with van der Waals surface area (Å²) in [5.74, 6) is -0.00145. The molecule has 4 heteroatoms. The third-order valence-corrected chi connectivity index (χ3v) is 2.56. The smallest absolute Gasteiger partial charge is 0.239 e. The summed E-state index contributed by atoms with van der Waals surface area (Å²) in [6.45, 7) is 2.57. The number of hydrogen-bond acceptors (Lipinski definition) is 3.